The monoisotopic (exact) mass is 554 g/mol. The zero-order valence-electron chi connectivity index (χ0n) is 19.0. The van der Waals surface area contributed by atoms with Gasteiger partial charge in [0.1, 0.15) is 17.6 Å². The van der Waals surface area contributed by atoms with Gasteiger partial charge in [-0.3, -0.25) is 9.89 Å². The molecule has 0 amide bonds. The Morgan fingerprint density at radius 3 is 2.78 bits per heavy atom. The molecule has 2 aliphatic heterocycles. The summed E-state index contributed by atoms with van der Waals surface area (Å²) >= 11 is 0. The lowest BCUT2D eigenvalue weighted by Gasteiger charge is -2.26. The van der Waals surface area contributed by atoms with Gasteiger partial charge in [0, 0.05) is 32.1 Å². The number of hydrogen-bond acceptors (Lipinski definition) is 5. The van der Waals surface area contributed by atoms with Crippen molar-refractivity contribution < 1.29 is 13.9 Å². The molecule has 2 N–H and O–H groups in total. The highest BCUT2D eigenvalue weighted by molar-refractivity contribution is 14.0. The summed E-state index contributed by atoms with van der Waals surface area (Å²) in [5.74, 6) is 2.69. The van der Waals surface area contributed by atoms with Crippen LogP contribution >= 0.6 is 24.0 Å². The number of likely N-dealkylation sites (tertiary alicyclic amines) is 1. The van der Waals surface area contributed by atoms with Gasteiger partial charge in [-0.25, -0.2) is 0 Å². The third-order valence-corrected chi connectivity index (χ3v) is 5.99. The Kier molecular flexibility index (Phi) is 9.68. The smallest absolute Gasteiger partial charge is 0.191 e. The molecule has 1 aromatic carbocycles. The van der Waals surface area contributed by atoms with Crippen molar-refractivity contribution in [2.75, 3.05) is 39.9 Å². The predicted molar refractivity (Wildman–Crippen MR) is 137 cm³/mol. The van der Waals surface area contributed by atoms with Crippen molar-refractivity contribution in [3.8, 4) is 5.75 Å². The number of furan rings is 1. The molecule has 2 unspecified atom stereocenters. The zero-order chi connectivity index (χ0) is 21.5. The van der Waals surface area contributed by atoms with Crippen LogP contribution < -0.4 is 15.4 Å². The number of nitrogens with one attached hydrogen (secondary N) is 2. The minimum absolute atomic E-state index is 0. The standard InChI is InChI=1S/C24H34N4O3.HI/c1-18-7-8-19(23(14-18)31-20-9-13-29-17-20)15-26-24(25-2)27-16-21(22-6-5-12-30-22)28-10-3-4-11-28;/h5-8,12,14,20-21H,3-4,9-11,13,15-17H2,1-2H3,(H2,25,26,27);1H. The SMILES string of the molecule is CN=C(NCc1ccc(C)cc1OC1CCOC1)NCC(c1ccco1)N1CCCC1.I. The summed E-state index contributed by atoms with van der Waals surface area (Å²) in [5, 5.41) is 6.93. The molecule has 2 atom stereocenters. The highest BCUT2D eigenvalue weighted by Crippen LogP contribution is 2.25. The number of benzene rings is 1. The van der Waals surface area contributed by atoms with Crippen LogP contribution in [0.4, 0.5) is 0 Å². The lowest BCUT2D eigenvalue weighted by atomic mass is 10.1. The Balaban J connectivity index is 0.00000289. The van der Waals surface area contributed by atoms with Gasteiger partial charge in [-0.15, -0.1) is 24.0 Å². The average Bonchev–Trinajstić information content (AvgIpc) is 3.56. The number of hydrogen-bond donors (Lipinski definition) is 2. The summed E-state index contributed by atoms with van der Waals surface area (Å²) in [6.45, 7) is 7.11. The molecule has 0 saturated carbocycles. The molecule has 0 spiro atoms. The number of rotatable bonds is 8. The molecule has 0 bridgehead atoms. The third-order valence-electron chi connectivity index (χ3n) is 5.99. The number of halogens is 1. The number of nitrogens with zero attached hydrogens (tertiary/aromatic N) is 2. The summed E-state index contributed by atoms with van der Waals surface area (Å²) in [7, 11) is 1.80. The lowest BCUT2D eigenvalue weighted by molar-refractivity contribution is 0.140. The van der Waals surface area contributed by atoms with E-state index in [0.29, 0.717) is 13.2 Å². The predicted octanol–water partition coefficient (Wildman–Crippen LogP) is 3.88. The van der Waals surface area contributed by atoms with Crippen LogP contribution in [-0.2, 0) is 11.3 Å². The van der Waals surface area contributed by atoms with Crippen LogP contribution in [0.25, 0.3) is 0 Å². The van der Waals surface area contributed by atoms with Crippen molar-refractivity contribution in [2.45, 2.75) is 44.9 Å². The largest absolute Gasteiger partial charge is 0.488 e. The van der Waals surface area contributed by atoms with Crippen LogP contribution in [0.1, 0.15) is 42.2 Å². The highest BCUT2D eigenvalue weighted by atomic mass is 127. The first-order valence-electron chi connectivity index (χ1n) is 11.3. The summed E-state index contributed by atoms with van der Waals surface area (Å²) < 4.78 is 17.4. The summed E-state index contributed by atoms with van der Waals surface area (Å²) in [6.07, 6.45) is 5.31. The third kappa shape index (κ3) is 6.62. The second kappa shape index (κ2) is 12.5. The number of guanidine groups is 1. The molecule has 1 aromatic heterocycles. The topological polar surface area (TPSA) is 71.3 Å². The first kappa shape index (κ1) is 24.9. The molecule has 32 heavy (non-hydrogen) atoms. The van der Waals surface area contributed by atoms with Gasteiger partial charge >= 0.3 is 0 Å². The van der Waals surface area contributed by atoms with E-state index >= 15 is 0 Å². The van der Waals surface area contributed by atoms with E-state index in [1.165, 1.54) is 18.4 Å². The Labute approximate surface area is 208 Å². The van der Waals surface area contributed by atoms with Crippen molar-refractivity contribution in [1.29, 1.82) is 0 Å². The van der Waals surface area contributed by atoms with Crippen molar-refractivity contribution in [2.24, 2.45) is 4.99 Å². The molecule has 2 aromatic rings. The molecule has 2 aliphatic rings. The summed E-state index contributed by atoms with van der Waals surface area (Å²) in [4.78, 5) is 6.90. The Morgan fingerprint density at radius 1 is 1.25 bits per heavy atom. The highest BCUT2D eigenvalue weighted by Gasteiger charge is 2.25. The quantitative estimate of drug-likeness (QED) is 0.294. The van der Waals surface area contributed by atoms with Gasteiger partial charge in [0.25, 0.3) is 0 Å². The van der Waals surface area contributed by atoms with Gasteiger partial charge < -0.3 is 24.5 Å². The molecule has 8 heteroatoms. The second-order valence-corrected chi connectivity index (χ2v) is 8.30. The molecular formula is C24H35IN4O3. The van der Waals surface area contributed by atoms with Gasteiger partial charge in [-0.1, -0.05) is 12.1 Å². The van der Waals surface area contributed by atoms with Crippen LogP contribution in [0, 0.1) is 6.92 Å². The van der Waals surface area contributed by atoms with Crippen LogP contribution in [0.5, 0.6) is 5.75 Å². The fraction of sp³-hybridized carbons (Fsp3) is 0.542. The maximum Gasteiger partial charge on any atom is 0.191 e. The molecule has 176 valence electrons. The maximum atomic E-state index is 6.22. The van der Waals surface area contributed by atoms with Gasteiger partial charge in [0.05, 0.1) is 25.5 Å². The van der Waals surface area contributed by atoms with Gasteiger partial charge in [0.2, 0.25) is 0 Å². The van der Waals surface area contributed by atoms with Crippen LogP contribution in [-0.4, -0.2) is 56.9 Å². The van der Waals surface area contributed by atoms with E-state index in [2.05, 4.69) is 51.7 Å². The number of ether oxygens (including phenoxy) is 2. The number of aliphatic imine (C=N–C) groups is 1. The van der Waals surface area contributed by atoms with Gasteiger partial charge in [0.15, 0.2) is 5.96 Å². The van der Waals surface area contributed by atoms with E-state index in [4.69, 9.17) is 13.9 Å². The average molecular weight is 554 g/mol. The second-order valence-electron chi connectivity index (χ2n) is 8.30. The van der Waals surface area contributed by atoms with Crippen LogP contribution in [0.3, 0.4) is 0 Å². The van der Waals surface area contributed by atoms with E-state index in [1.54, 1.807) is 13.3 Å². The van der Waals surface area contributed by atoms with E-state index in [-0.39, 0.29) is 36.1 Å². The van der Waals surface area contributed by atoms with E-state index in [9.17, 15) is 0 Å². The maximum absolute atomic E-state index is 6.22. The van der Waals surface area contributed by atoms with E-state index in [1.807, 2.05) is 6.07 Å². The molecule has 7 nitrogen and oxygen atoms in total. The molecular weight excluding hydrogens is 519 g/mol. The van der Waals surface area contributed by atoms with Crippen molar-refractivity contribution in [3.63, 3.8) is 0 Å². The Bertz CT molecular complexity index is 847. The van der Waals surface area contributed by atoms with Crippen LogP contribution in [0.2, 0.25) is 0 Å². The summed E-state index contributed by atoms with van der Waals surface area (Å²) in [5.41, 5.74) is 2.30. The Morgan fingerprint density at radius 2 is 2.09 bits per heavy atom. The normalized spacial score (nSPS) is 20.1. The molecule has 2 saturated heterocycles. The fourth-order valence-corrected chi connectivity index (χ4v) is 4.24. The lowest BCUT2D eigenvalue weighted by Crippen LogP contribution is -2.42. The minimum atomic E-state index is 0. The Hall–Kier alpha value is -1.78. The zero-order valence-corrected chi connectivity index (χ0v) is 21.3. The number of aryl methyl sites for hydroxylation is 1. The van der Waals surface area contributed by atoms with E-state index < -0.39 is 0 Å². The first-order valence-corrected chi connectivity index (χ1v) is 11.3. The van der Waals surface area contributed by atoms with Gasteiger partial charge in [-0.2, -0.15) is 0 Å². The van der Waals surface area contributed by atoms with Crippen molar-refractivity contribution >= 4 is 29.9 Å². The van der Waals surface area contributed by atoms with Gasteiger partial charge in [-0.05, 0) is 56.6 Å². The molecule has 3 heterocycles. The van der Waals surface area contributed by atoms with E-state index in [0.717, 1.165) is 55.7 Å². The first-order chi connectivity index (χ1) is 15.2. The molecule has 4 rings (SSSR count). The van der Waals surface area contributed by atoms with Crippen LogP contribution in [0.15, 0.2) is 46.0 Å². The molecule has 2 fully saturated rings. The summed E-state index contributed by atoms with van der Waals surface area (Å²) in [6, 6.07) is 10.6. The van der Waals surface area contributed by atoms with Crippen molar-refractivity contribution in [3.05, 3.63) is 53.5 Å². The van der Waals surface area contributed by atoms with Crippen molar-refractivity contribution in [1.82, 2.24) is 15.5 Å². The minimum Gasteiger partial charge on any atom is -0.488 e. The fourth-order valence-electron chi connectivity index (χ4n) is 4.24. The molecule has 0 aliphatic carbocycles. The molecule has 0 radical (unpaired) electrons.